The van der Waals surface area contributed by atoms with E-state index < -0.39 is 12.1 Å². The molecule has 1 heterocycles. The average molecular weight is 335 g/mol. The van der Waals surface area contributed by atoms with Crippen molar-refractivity contribution in [1.29, 1.82) is 0 Å². The van der Waals surface area contributed by atoms with E-state index in [9.17, 15) is 9.59 Å². The van der Waals surface area contributed by atoms with Crippen LogP contribution in [-0.4, -0.2) is 50.7 Å². The van der Waals surface area contributed by atoms with Crippen molar-refractivity contribution in [2.75, 3.05) is 27.8 Å². The van der Waals surface area contributed by atoms with Crippen LogP contribution in [0.2, 0.25) is 0 Å². The summed E-state index contributed by atoms with van der Waals surface area (Å²) in [6, 6.07) is 4.87. The molecule has 1 aliphatic rings. The number of methoxy groups -OCH3 is 2. The van der Waals surface area contributed by atoms with Crippen LogP contribution >= 0.6 is 0 Å². The largest absolute Gasteiger partial charge is 0.497 e. The minimum atomic E-state index is -0.496. The molecule has 0 radical (unpaired) electrons. The lowest BCUT2D eigenvalue weighted by molar-refractivity contribution is -0.125. The first-order valence-electron chi connectivity index (χ1n) is 8.02. The van der Waals surface area contributed by atoms with Gasteiger partial charge in [-0.2, -0.15) is 0 Å². The topological polar surface area (TPSA) is 79.9 Å². The number of amides is 3. The molecule has 1 saturated heterocycles. The Labute approximate surface area is 142 Å². The maximum absolute atomic E-state index is 12.3. The van der Waals surface area contributed by atoms with Crippen LogP contribution in [0.5, 0.6) is 11.5 Å². The van der Waals surface area contributed by atoms with Crippen LogP contribution in [0.4, 0.5) is 4.79 Å². The van der Waals surface area contributed by atoms with Crippen molar-refractivity contribution in [2.45, 2.75) is 31.8 Å². The molecule has 7 heteroatoms. The van der Waals surface area contributed by atoms with Crippen LogP contribution in [0.15, 0.2) is 18.2 Å². The smallest absolute Gasteiger partial charge is 0.321 e. The van der Waals surface area contributed by atoms with Crippen molar-refractivity contribution in [3.05, 3.63) is 23.8 Å². The minimum absolute atomic E-state index is 0.0660. The summed E-state index contributed by atoms with van der Waals surface area (Å²) in [6.07, 6.45) is 1.91. The number of rotatable bonds is 5. The summed E-state index contributed by atoms with van der Waals surface area (Å²) in [4.78, 5) is 25.7. The Bertz CT molecular complexity index is 605. The van der Waals surface area contributed by atoms with Gasteiger partial charge in [0, 0.05) is 24.7 Å². The van der Waals surface area contributed by atoms with Gasteiger partial charge >= 0.3 is 6.03 Å². The predicted octanol–water partition coefficient (Wildman–Crippen LogP) is 1.68. The number of likely N-dealkylation sites (tertiary alicyclic amines) is 1. The normalized spacial score (nSPS) is 18.8. The number of nitrogens with zero attached hydrogens (tertiary/aromatic N) is 1. The van der Waals surface area contributed by atoms with Crippen LogP contribution in [0.25, 0.3) is 0 Å². The highest BCUT2D eigenvalue weighted by Crippen LogP contribution is 2.39. The molecule has 7 nitrogen and oxygen atoms in total. The standard InChI is InChI=1S/C17H25N3O4/c1-11(16(21)19-17(22)18-2)20-9-5-6-14(20)13-8-7-12(23-3)10-15(13)24-4/h7-8,10-11,14H,5-6,9H2,1-4H3,(H2,18,19,21,22)/t11-,14+/m0/s1. The van der Waals surface area contributed by atoms with Crippen LogP contribution in [-0.2, 0) is 4.79 Å². The summed E-state index contributed by atoms with van der Waals surface area (Å²) < 4.78 is 10.7. The molecule has 0 aliphatic carbocycles. The molecular formula is C17H25N3O4. The van der Waals surface area contributed by atoms with Crippen molar-refractivity contribution in [3.63, 3.8) is 0 Å². The van der Waals surface area contributed by atoms with E-state index in [1.54, 1.807) is 14.2 Å². The first-order chi connectivity index (χ1) is 11.5. The van der Waals surface area contributed by atoms with Gasteiger partial charge in [-0.05, 0) is 32.4 Å². The van der Waals surface area contributed by atoms with Gasteiger partial charge in [0.15, 0.2) is 0 Å². The Morgan fingerprint density at radius 2 is 2.04 bits per heavy atom. The number of ether oxygens (including phenoxy) is 2. The molecule has 1 aromatic rings. The van der Waals surface area contributed by atoms with Crippen molar-refractivity contribution in [2.24, 2.45) is 0 Å². The lowest BCUT2D eigenvalue weighted by Crippen LogP contribution is -2.48. The molecule has 24 heavy (non-hydrogen) atoms. The molecule has 1 aromatic carbocycles. The van der Waals surface area contributed by atoms with Gasteiger partial charge < -0.3 is 14.8 Å². The number of benzene rings is 1. The number of carbonyl (C=O) groups is 2. The van der Waals surface area contributed by atoms with Crippen LogP contribution < -0.4 is 20.1 Å². The summed E-state index contributed by atoms with van der Waals surface area (Å²) in [7, 11) is 4.72. The maximum atomic E-state index is 12.3. The van der Waals surface area contributed by atoms with E-state index in [1.807, 2.05) is 25.1 Å². The molecule has 1 aliphatic heterocycles. The lowest BCUT2D eigenvalue weighted by Gasteiger charge is -2.30. The van der Waals surface area contributed by atoms with E-state index >= 15 is 0 Å². The van der Waals surface area contributed by atoms with Gasteiger partial charge in [0.2, 0.25) is 5.91 Å². The lowest BCUT2D eigenvalue weighted by atomic mass is 10.0. The third-order valence-electron chi connectivity index (χ3n) is 4.43. The van der Waals surface area contributed by atoms with Gasteiger partial charge in [-0.3, -0.25) is 15.0 Å². The summed E-state index contributed by atoms with van der Waals surface area (Å²) in [5.74, 6) is 1.16. The molecule has 0 bridgehead atoms. The quantitative estimate of drug-likeness (QED) is 0.856. The van der Waals surface area contributed by atoms with E-state index in [-0.39, 0.29) is 11.9 Å². The van der Waals surface area contributed by atoms with E-state index in [0.29, 0.717) is 0 Å². The Morgan fingerprint density at radius 3 is 2.67 bits per heavy atom. The second-order valence-electron chi connectivity index (χ2n) is 5.75. The first-order valence-corrected chi connectivity index (χ1v) is 8.02. The highest BCUT2D eigenvalue weighted by atomic mass is 16.5. The molecule has 2 atom stereocenters. The summed E-state index contributed by atoms with van der Waals surface area (Å²) in [5, 5.41) is 4.74. The molecule has 2 rings (SSSR count). The second kappa shape index (κ2) is 8.01. The number of hydrogen-bond acceptors (Lipinski definition) is 5. The minimum Gasteiger partial charge on any atom is -0.497 e. The van der Waals surface area contributed by atoms with Crippen molar-refractivity contribution >= 4 is 11.9 Å². The summed E-state index contributed by atoms with van der Waals surface area (Å²) in [6.45, 7) is 2.61. The zero-order chi connectivity index (χ0) is 17.7. The van der Waals surface area contributed by atoms with E-state index in [2.05, 4.69) is 15.5 Å². The fourth-order valence-electron chi connectivity index (χ4n) is 3.11. The number of carbonyl (C=O) groups excluding carboxylic acids is 2. The monoisotopic (exact) mass is 335 g/mol. The summed E-state index contributed by atoms with van der Waals surface area (Å²) >= 11 is 0. The Balaban J connectivity index is 2.21. The first kappa shape index (κ1) is 18.1. The van der Waals surface area contributed by atoms with E-state index in [4.69, 9.17) is 9.47 Å². The molecule has 0 unspecified atom stereocenters. The molecular weight excluding hydrogens is 310 g/mol. The number of urea groups is 1. The third-order valence-corrected chi connectivity index (χ3v) is 4.43. The Morgan fingerprint density at radius 1 is 1.29 bits per heavy atom. The molecule has 0 spiro atoms. The van der Waals surface area contributed by atoms with Crippen molar-refractivity contribution in [1.82, 2.24) is 15.5 Å². The average Bonchev–Trinajstić information content (AvgIpc) is 3.09. The van der Waals surface area contributed by atoms with Crippen LogP contribution in [0, 0.1) is 0 Å². The molecule has 0 saturated carbocycles. The second-order valence-corrected chi connectivity index (χ2v) is 5.75. The van der Waals surface area contributed by atoms with Gasteiger partial charge in [0.25, 0.3) is 0 Å². The van der Waals surface area contributed by atoms with Crippen molar-refractivity contribution in [3.8, 4) is 11.5 Å². The highest BCUT2D eigenvalue weighted by molar-refractivity contribution is 5.96. The number of hydrogen-bond donors (Lipinski definition) is 2. The zero-order valence-electron chi connectivity index (χ0n) is 14.6. The Hall–Kier alpha value is -2.28. The van der Waals surface area contributed by atoms with Gasteiger partial charge in [0.1, 0.15) is 11.5 Å². The third kappa shape index (κ3) is 3.79. The molecule has 3 amide bonds. The zero-order valence-corrected chi connectivity index (χ0v) is 14.6. The molecule has 0 aromatic heterocycles. The number of nitrogens with one attached hydrogen (secondary N) is 2. The molecule has 132 valence electrons. The van der Waals surface area contributed by atoms with Crippen molar-refractivity contribution < 1.29 is 19.1 Å². The summed E-state index contributed by atoms with van der Waals surface area (Å²) in [5.41, 5.74) is 1.02. The van der Waals surface area contributed by atoms with E-state index in [1.165, 1.54) is 7.05 Å². The van der Waals surface area contributed by atoms with Gasteiger partial charge in [-0.25, -0.2) is 4.79 Å². The van der Waals surface area contributed by atoms with Gasteiger partial charge in [0.05, 0.1) is 20.3 Å². The number of imide groups is 1. The van der Waals surface area contributed by atoms with Crippen LogP contribution in [0.3, 0.4) is 0 Å². The Kier molecular flexibility index (Phi) is 6.03. The predicted molar refractivity (Wildman–Crippen MR) is 90.3 cm³/mol. The van der Waals surface area contributed by atoms with Gasteiger partial charge in [-0.15, -0.1) is 0 Å². The van der Waals surface area contributed by atoms with Crippen LogP contribution in [0.1, 0.15) is 31.4 Å². The maximum Gasteiger partial charge on any atom is 0.321 e. The molecule has 2 N–H and O–H groups in total. The molecule has 1 fully saturated rings. The fraction of sp³-hybridized carbons (Fsp3) is 0.529. The van der Waals surface area contributed by atoms with Gasteiger partial charge in [-0.1, -0.05) is 6.07 Å². The van der Waals surface area contributed by atoms with E-state index in [0.717, 1.165) is 36.4 Å². The SMILES string of the molecule is CNC(=O)NC(=O)[C@H](C)N1CCC[C@@H]1c1ccc(OC)cc1OC. The highest BCUT2D eigenvalue weighted by Gasteiger charge is 2.34. The fourth-order valence-corrected chi connectivity index (χ4v) is 3.11.